The van der Waals surface area contributed by atoms with Gasteiger partial charge in [-0.2, -0.15) is 0 Å². The van der Waals surface area contributed by atoms with Crippen LogP contribution in [0.15, 0.2) is 42.7 Å². The molecule has 0 aromatic heterocycles. The van der Waals surface area contributed by atoms with E-state index in [2.05, 4.69) is 6.58 Å². The highest BCUT2D eigenvalue weighted by Gasteiger charge is 2.50. The first kappa shape index (κ1) is 21.9. The largest absolute Gasteiger partial charge is 0.484 e. The van der Waals surface area contributed by atoms with Crippen LogP contribution in [-0.4, -0.2) is 54.9 Å². The Morgan fingerprint density at radius 3 is 2.03 bits per heavy atom. The fourth-order valence-electron chi connectivity index (χ4n) is 2.77. The van der Waals surface area contributed by atoms with Crippen LogP contribution >= 0.6 is 0 Å². The fourth-order valence-corrected chi connectivity index (χ4v) is 2.77. The Bertz CT molecular complexity index is 786. The van der Waals surface area contributed by atoms with Crippen molar-refractivity contribution in [2.75, 3.05) is 6.61 Å². The van der Waals surface area contributed by atoms with Crippen molar-refractivity contribution in [1.82, 2.24) is 0 Å². The van der Waals surface area contributed by atoms with Gasteiger partial charge in [-0.1, -0.05) is 24.8 Å². The highest BCUT2D eigenvalue weighted by atomic mass is 16.7. The molecule has 156 valence electrons. The minimum absolute atomic E-state index is 0.0407. The molecule has 1 aliphatic rings. The molecule has 1 heterocycles. The highest BCUT2D eigenvalue weighted by molar-refractivity contribution is 5.89. The molecule has 0 radical (unpaired) electrons. The number of benzene rings is 1. The van der Waals surface area contributed by atoms with Gasteiger partial charge in [0.05, 0.1) is 5.56 Å². The van der Waals surface area contributed by atoms with Crippen LogP contribution in [0.3, 0.4) is 0 Å². The van der Waals surface area contributed by atoms with E-state index in [4.69, 9.17) is 23.7 Å². The van der Waals surface area contributed by atoms with E-state index in [-0.39, 0.29) is 17.9 Å². The van der Waals surface area contributed by atoms with Gasteiger partial charge in [0.25, 0.3) is 0 Å². The summed E-state index contributed by atoms with van der Waals surface area (Å²) < 4.78 is 26.5. The minimum Gasteiger partial charge on any atom is -0.484 e. The van der Waals surface area contributed by atoms with Crippen molar-refractivity contribution in [2.45, 2.75) is 45.2 Å². The molecule has 1 fully saturated rings. The Balaban J connectivity index is 2.31. The number of hydrogen-bond donors (Lipinski definition) is 0. The summed E-state index contributed by atoms with van der Waals surface area (Å²) in [4.78, 5) is 46.9. The smallest absolute Gasteiger partial charge is 0.338 e. The standard InChI is InChI=1S/C20H22O9/c1-11-17(29-20(24)15-8-6-5-7-9-15)19(28-14(4)23)18(27-13(3)22)16(26-11)10-25-12(2)21/h5-9,16-19H,1,10H2,2-4H3/t16-,17+,18-,19-/m1/s1. The van der Waals surface area contributed by atoms with Gasteiger partial charge in [0.15, 0.2) is 24.4 Å². The molecule has 0 amide bonds. The molecule has 0 saturated carbocycles. The summed E-state index contributed by atoms with van der Waals surface area (Å²) in [6, 6.07) is 8.13. The molecule has 1 saturated heterocycles. The predicted octanol–water partition coefficient (Wildman–Crippen LogP) is 1.55. The molecule has 29 heavy (non-hydrogen) atoms. The molecule has 0 spiro atoms. The number of esters is 4. The second-order valence-electron chi connectivity index (χ2n) is 6.27. The van der Waals surface area contributed by atoms with Crippen molar-refractivity contribution >= 4 is 23.9 Å². The number of hydrogen-bond acceptors (Lipinski definition) is 9. The first-order valence-corrected chi connectivity index (χ1v) is 8.78. The first-order chi connectivity index (χ1) is 13.7. The van der Waals surface area contributed by atoms with Crippen LogP contribution in [0.4, 0.5) is 0 Å². The molecule has 1 aromatic rings. The van der Waals surface area contributed by atoms with Gasteiger partial charge in [-0.25, -0.2) is 4.79 Å². The van der Waals surface area contributed by atoms with E-state index < -0.39 is 48.3 Å². The third kappa shape index (κ3) is 6.06. The summed E-state index contributed by atoms with van der Waals surface area (Å²) in [6.45, 7) is 6.94. The Morgan fingerprint density at radius 2 is 1.48 bits per heavy atom. The lowest BCUT2D eigenvalue weighted by Gasteiger charge is -2.41. The molecule has 1 aliphatic heterocycles. The Labute approximate surface area is 167 Å². The lowest BCUT2D eigenvalue weighted by atomic mass is 9.97. The van der Waals surface area contributed by atoms with E-state index in [1.165, 1.54) is 6.92 Å². The maximum atomic E-state index is 12.5. The number of ether oxygens (including phenoxy) is 5. The van der Waals surface area contributed by atoms with Crippen LogP contribution in [0, 0.1) is 0 Å². The maximum absolute atomic E-state index is 12.5. The van der Waals surface area contributed by atoms with Crippen molar-refractivity contribution in [2.24, 2.45) is 0 Å². The third-order valence-corrected chi connectivity index (χ3v) is 3.91. The normalized spacial score (nSPS) is 23.3. The lowest BCUT2D eigenvalue weighted by molar-refractivity contribution is -0.209. The summed E-state index contributed by atoms with van der Waals surface area (Å²) in [5.41, 5.74) is 0.257. The van der Waals surface area contributed by atoms with E-state index in [1.54, 1.807) is 30.3 Å². The van der Waals surface area contributed by atoms with Crippen LogP contribution in [-0.2, 0) is 38.1 Å². The van der Waals surface area contributed by atoms with Gasteiger partial charge in [-0.05, 0) is 12.1 Å². The van der Waals surface area contributed by atoms with E-state index in [0.717, 1.165) is 13.8 Å². The summed E-state index contributed by atoms with van der Waals surface area (Å²) in [5, 5.41) is 0. The van der Waals surface area contributed by atoms with E-state index in [1.807, 2.05) is 0 Å². The summed E-state index contributed by atoms with van der Waals surface area (Å²) in [6.07, 6.45) is -4.70. The van der Waals surface area contributed by atoms with Crippen molar-refractivity contribution in [3.63, 3.8) is 0 Å². The molecule has 0 aliphatic carbocycles. The van der Waals surface area contributed by atoms with Crippen LogP contribution in [0.5, 0.6) is 0 Å². The topological polar surface area (TPSA) is 114 Å². The van der Waals surface area contributed by atoms with Crippen molar-refractivity contribution < 1.29 is 42.9 Å². The first-order valence-electron chi connectivity index (χ1n) is 8.78. The predicted molar refractivity (Wildman–Crippen MR) is 97.4 cm³/mol. The molecule has 0 bridgehead atoms. The molecule has 2 rings (SSSR count). The SMILES string of the molecule is C=C1O[C@H](COC(C)=O)[C@@H](OC(C)=O)[C@H](OC(C)=O)[C@H]1OC(=O)c1ccccc1. The zero-order valence-corrected chi connectivity index (χ0v) is 16.3. The maximum Gasteiger partial charge on any atom is 0.338 e. The Hall–Kier alpha value is -3.36. The lowest BCUT2D eigenvalue weighted by Crippen LogP contribution is -2.57. The Kier molecular flexibility index (Phi) is 7.35. The second kappa shape index (κ2) is 9.72. The minimum atomic E-state index is -1.25. The molecule has 9 nitrogen and oxygen atoms in total. The number of carbonyl (C=O) groups is 4. The average Bonchev–Trinajstić information content (AvgIpc) is 2.65. The molecular weight excluding hydrogens is 384 g/mol. The van der Waals surface area contributed by atoms with Crippen LogP contribution in [0.25, 0.3) is 0 Å². The van der Waals surface area contributed by atoms with Gasteiger partial charge >= 0.3 is 23.9 Å². The second-order valence-corrected chi connectivity index (χ2v) is 6.27. The van der Waals surface area contributed by atoms with Crippen molar-refractivity contribution in [3.8, 4) is 0 Å². The van der Waals surface area contributed by atoms with Crippen molar-refractivity contribution in [3.05, 3.63) is 48.2 Å². The van der Waals surface area contributed by atoms with Crippen LogP contribution in [0.2, 0.25) is 0 Å². The van der Waals surface area contributed by atoms with Crippen molar-refractivity contribution in [1.29, 1.82) is 0 Å². The van der Waals surface area contributed by atoms with Gasteiger partial charge in [0.1, 0.15) is 12.4 Å². The summed E-state index contributed by atoms with van der Waals surface area (Å²) in [7, 11) is 0. The van der Waals surface area contributed by atoms with Crippen LogP contribution in [0.1, 0.15) is 31.1 Å². The highest BCUT2D eigenvalue weighted by Crippen LogP contribution is 2.31. The Morgan fingerprint density at radius 1 is 0.897 bits per heavy atom. The quantitative estimate of drug-likeness (QED) is 0.513. The number of carbonyl (C=O) groups excluding carboxylic acids is 4. The zero-order valence-electron chi connectivity index (χ0n) is 16.3. The number of rotatable bonds is 6. The van der Waals surface area contributed by atoms with E-state index in [9.17, 15) is 19.2 Å². The van der Waals surface area contributed by atoms with Gasteiger partial charge in [0.2, 0.25) is 0 Å². The van der Waals surface area contributed by atoms with E-state index >= 15 is 0 Å². The zero-order chi connectivity index (χ0) is 21.6. The molecule has 4 atom stereocenters. The van der Waals surface area contributed by atoms with Gasteiger partial charge in [-0.3, -0.25) is 14.4 Å². The van der Waals surface area contributed by atoms with Gasteiger partial charge in [-0.15, -0.1) is 0 Å². The molecule has 1 aromatic carbocycles. The molecule has 0 N–H and O–H groups in total. The fraction of sp³-hybridized carbons (Fsp3) is 0.400. The van der Waals surface area contributed by atoms with E-state index in [0.29, 0.717) is 0 Å². The molecule has 0 unspecified atom stereocenters. The van der Waals surface area contributed by atoms with Gasteiger partial charge < -0.3 is 23.7 Å². The monoisotopic (exact) mass is 406 g/mol. The van der Waals surface area contributed by atoms with Crippen LogP contribution < -0.4 is 0 Å². The van der Waals surface area contributed by atoms with Gasteiger partial charge in [0, 0.05) is 20.8 Å². The summed E-state index contributed by atoms with van der Waals surface area (Å²) in [5.74, 6) is -2.72. The molecule has 9 heteroatoms. The summed E-state index contributed by atoms with van der Waals surface area (Å²) >= 11 is 0. The molecular formula is C20H22O9. The third-order valence-electron chi connectivity index (χ3n) is 3.91. The average molecular weight is 406 g/mol.